The van der Waals surface area contributed by atoms with Crippen molar-refractivity contribution < 1.29 is 9.59 Å². The number of carbonyl (C=O) groups excluding carboxylic acids is 2. The topological polar surface area (TPSA) is 34.1 Å². The number of ketones is 1. The van der Waals surface area contributed by atoms with Crippen molar-refractivity contribution in [3.63, 3.8) is 0 Å². The molecule has 0 bridgehead atoms. The van der Waals surface area contributed by atoms with E-state index in [4.69, 9.17) is 0 Å². The molecule has 0 aliphatic carbocycles. The van der Waals surface area contributed by atoms with E-state index in [1.54, 1.807) is 0 Å². The molecule has 0 N–H and O–H groups in total. The number of Topliss-reactive ketones (excluding diaryl/α,β-unsaturated/α-hetero) is 1. The minimum absolute atomic E-state index is 0.143. The lowest BCUT2D eigenvalue weighted by Crippen LogP contribution is -2.37. The third-order valence-corrected chi connectivity index (χ3v) is 3.86. The van der Waals surface area contributed by atoms with Gasteiger partial charge in [0.05, 0.1) is 0 Å². The van der Waals surface area contributed by atoms with Crippen LogP contribution in [0.15, 0.2) is 0 Å². The van der Waals surface area contributed by atoms with Crippen molar-refractivity contribution >= 4 is 12.1 Å². The summed E-state index contributed by atoms with van der Waals surface area (Å²) >= 11 is 0. The first kappa shape index (κ1) is 15.3. The molecule has 0 aromatic carbocycles. The van der Waals surface area contributed by atoms with Crippen molar-refractivity contribution in [3.05, 3.63) is 0 Å². The third-order valence-electron chi connectivity index (χ3n) is 3.86. The molecule has 0 rings (SSSR count). The van der Waals surface area contributed by atoms with E-state index >= 15 is 0 Å². The Hall–Kier alpha value is -0.660. The van der Waals surface area contributed by atoms with Gasteiger partial charge in [0.25, 0.3) is 0 Å². The Morgan fingerprint density at radius 1 is 0.938 bits per heavy atom. The van der Waals surface area contributed by atoms with Crippen LogP contribution in [0.25, 0.3) is 0 Å². The summed E-state index contributed by atoms with van der Waals surface area (Å²) in [7, 11) is 0. The maximum Gasteiger partial charge on any atom is 0.138 e. The van der Waals surface area contributed by atoms with Crippen molar-refractivity contribution in [2.24, 2.45) is 16.2 Å². The second-order valence-corrected chi connectivity index (χ2v) is 6.99. The van der Waals surface area contributed by atoms with Crippen molar-refractivity contribution in [1.82, 2.24) is 0 Å². The van der Waals surface area contributed by atoms with Crippen molar-refractivity contribution in [2.45, 2.75) is 61.3 Å². The van der Waals surface area contributed by atoms with E-state index in [1.165, 1.54) is 0 Å². The molecule has 0 aliphatic rings. The summed E-state index contributed by atoms with van der Waals surface area (Å²) in [6, 6.07) is 0. The normalized spacial score (nSPS) is 13.7. The van der Waals surface area contributed by atoms with E-state index in [2.05, 4.69) is 27.7 Å². The smallest absolute Gasteiger partial charge is 0.138 e. The van der Waals surface area contributed by atoms with Crippen LogP contribution in [0.2, 0.25) is 0 Å². The fourth-order valence-electron chi connectivity index (χ4n) is 1.39. The van der Waals surface area contributed by atoms with Gasteiger partial charge in [0, 0.05) is 18.3 Å². The van der Waals surface area contributed by atoms with Crippen LogP contribution in [0.3, 0.4) is 0 Å². The molecule has 0 aliphatic heterocycles. The molecular formula is C14H26O2. The highest BCUT2D eigenvalue weighted by Gasteiger charge is 2.40. The molecule has 0 heterocycles. The molecule has 0 atom stereocenters. The van der Waals surface area contributed by atoms with Gasteiger partial charge in [0.2, 0.25) is 0 Å². The Balaban J connectivity index is 4.82. The minimum atomic E-state index is -0.297. The van der Waals surface area contributed by atoms with Crippen LogP contribution in [-0.2, 0) is 9.59 Å². The molecular weight excluding hydrogens is 200 g/mol. The fourth-order valence-corrected chi connectivity index (χ4v) is 1.39. The molecule has 0 amide bonds. The fraction of sp³-hybridized carbons (Fsp3) is 0.857. The van der Waals surface area contributed by atoms with Gasteiger partial charge in [-0.05, 0) is 10.8 Å². The SMILES string of the molecule is CC(C)(C)C(=O)CC(C)(C)C(C)(C)CC=O. The number of rotatable bonds is 5. The predicted molar refractivity (Wildman–Crippen MR) is 67.3 cm³/mol. The highest BCUT2D eigenvalue weighted by atomic mass is 16.1. The maximum atomic E-state index is 12.0. The van der Waals surface area contributed by atoms with Crippen molar-refractivity contribution in [3.8, 4) is 0 Å². The lowest BCUT2D eigenvalue weighted by molar-refractivity contribution is -0.131. The Bertz CT molecular complexity index is 267. The first-order valence-electron chi connectivity index (χ1n) is 5.91. The Morgan fingerprint density at radius 2 is 1.38 bits per heavy atom. The van der Waals surface area contributed by atoms with Gasteiger partial charge in [-0.1, -0.05) is 48.5 Å². The molecule has 2 nitrogen and oxygen atoms in total. The van der Waals surface area contributed by atoms with Gasteiger partial charge in [0.1, 0.15) is 12.1 Å². The molecule has 0 saturated heterocycles. The van der Waals surface area contributed by atoms with Crippen LogP contribution < -0.4 is 0 Å². The van der Waals surface area contributed by atoms with E-state index in [9.17, 15) is 9.59 Å². The standard InChI is InChI=1S/C14H26O2/c1-12(2,3)11(16)10-14(6,7)13(4,5)8-9-15/h9H,8,10H2,1-7H3. The van der Waals surface area contributed by atoms with Crippen molar-refractivity contribution in [1.29, 1.82) is 0 Å². The number of aldehydes is 1. The van der Waals surface area contributed by atoms with E-state index in [1.807, 2.05) is 20.8 Å². The van der Waals surface area contributed by atoms with Crippen LogP contribution in [0.5, 0.6) is 0 Å². The second kappa shape index (κ2) is 4.68. The molecule has 16 heavy (non-hydrogen) atoms. The summed E-state index contributed by atoms with van der Waals surface area (Å²) < 4.78 is 0. The zero-order valence-corrected chi connectivity index (χ0v) is 11.8. The molecule has 94 valence electrons. The van der Waals surface area contributed by atoms with E-state index < -0.39 is 0 Å². The summed E-state index contributed by atoms with van der Waals surface area (Å²) in [4.78, 5) is 22.7. The second-order valence-electron chi connectivity index (χ2n) is 6.99. The first-order valence-corrected chi connectivity index (χ1v) is 5.91. The van der Waals surface area contributed by atoms with Crippen LogP contribution in [0.1, 0.15) is 61.3 Å². The number of hydrogen-bond acceptors (Lipinski definition) is 2. The molecule has 0 aromatic heterocycles. The maximum absolute atomic E-state index is 12.0. The summed E-state index contributed by atoms with van der Waals surface area (Å²) in [6.45, 7) is 14.1. The quantitative estimate of drug-likeness (QED) is 0.671. The molecule has 0 aromatic rings. The third kappa shape index (κ3) is 3.73. The van der Waals surface area contributed by atoms with Gasteiger partial charge < -0.3 is 4.79 Å². The van der Waals surface area contributed by atoms with Crippen LogP contribution in [0.4, 0.5) is 0 Å². The lowest BCUT2D eigenvalue weighted by Gasteiger charge is -2.41. The Kier molecular flexibility index (Phi) is 4.49. The van der Waals surface area contributed by atoms with Gasteiger partial charge in [-0.2, -0.15) is 0 Å². The summed E-state index contributed by atoms with van der Waals surface area (Å²) in [5.41, 5.74) is -0.595. The largest absolute Gasteiger partial charge is 0.303 e. The van der Waals surface area contributed by atoms with Gasteiger partial charge >= 0.3 is 0 Å². The van der Waals surface area contributed by atoms with Gasteiger partial charge in [-0.3, -0.25) is 4.79 Å². The molecule has 0 radical (unpaired) electrons. The number of carbonyl (C=O) groups is 2. The van der Waals surface area contributed by atoms with Crippen LogP contribution >= 0.6 is 0 Å². The summed E-state index contributed by atoms with van der Waals surface area (Å²) in [5, 5.41) is 0. The summed E-state index contributed by atoms with van der Waals surface area (Å²) in [6.07, 6.45) is 1.97. The molecule has 0 unspecified atom stereocenters. The van der Waals surface area contributed by atoms with Crippen LogP contribution in [0, 0.1) is 16.2 Å². The monoisotopic (exact) mass is 226 g/mol. The predicted octanol–water partition coefficient (Wildman–Crippen LogP) is 3.63. The molecule has 0 fully saturated rings. The van der Waals surface area contributed by atoms with Gasteiger partial charge in [-0.15, -0.1) is 0 Å². The average molecular weight is 226 g/mol. The number of hydrogen-bond donors (Lipinski definition) is 0. The average Bonchev–Trinajstić information content (AvgIpc) is 2.00. The Morgan fingerprint density at radius 3 is 1.69 bits per heavy atom. The first-order chi connectivity index (χ1) is 6.94. The van der Waals surface area contributed by atoms with Gasteiger partial charge in [-0.25, -0.2) is 0 Å². The van der Waals surface area contributed by atoms with E-state index in [0.717, 1.165) is 6.29 Å². The zero-order chi connectivity index (χ0) is 13.2. The lowest BCUT2D eigenvalue weighted by atomic mass is 9.62. The zero-order valence-electron chi connectivity index (χ0n) is 11.8. The molecule has 2 heteroatoms. The molecule has 0 spiro atoms. The Labute approximate surface area is 99.8 Å². The summed E-state index contributed by atoms with van der Waals surface area (Å²) in [5.74, 6) is 0.261. The van der Waals surface area contributed by atoms with Gasteiger partial charge in [0.15, 0.2) is 0 Å². The highest BCUT2D eigenvalue weighted by molar-refractivity contribution is 5.84. The molecule has 0 saturated carbocycles. The van der Waals surface area contributed by atoms with E-state index in [-0.39, 0.29) is 22.0 Å². The van der Waals surface area contributed by atoms with Crippen molar-refractivity contribution in [2.75, 3.05) is 0 Å². The highest BCUT2D eigenvalue weighted by Crippen LogP contribution is 2.44. The van der Waals surface area contributed by atoms with E-state index in [0.29, 0.717) is 12.8 Å². The van der Waals surface area contributed by atoms with Crippen LogP contribution in [-0.4, -0.2) is 12.1 Å². The minimum Gasteiger partial charge on any atom is -0.303 e.